The molecule has 1 aromatic carbocycles. The van der Waals surface area contributed by atoms with Crippen LogP contribution in [0.4, 0.5) is 5.95 Å². The van der Waals surface area contributed by atoms with Gasteiger partial charge in [0.05, 0.1) is 23.4 Å². The fourth-order valence-corrected chi connectivity index (χ4v) is 2.41. The molecule has 0 spiro atoms. The van der Waals surface area contributed by atoms with Crippen LogP contribution in [0.2, 0.25) is 0 Å². The summed E-state index contributed by atoms with van der Waals surface area (Å²) < 4.78 is 1.68. The third kappa shape index (κ3) is 2.45. The summed E-state index contributed by atoms with van der Waals surface area (Å²) in [6.07, 6.45) is 0. The van der Waals surface area contributed by atoms with Crippen LogP contribution in [0.15, 0.2) is 35.8 Å². The molecule has 0 bridgehead atoms. The van der Waals surface area contributed by atoms with Crippen LogP contribution in [0.3, 0.4) is 0 Å². The van der Waals surface area contributed by atoms with Crippen molar-refractivity contribution < 1.29 is 0 Å². The Morgan fingerprint density at radius 1 is 1.26 bits per heavy atom. The number of hydrogen-bond donors (Lipinski definition) is 1. The van der Waals surface area contributed by atoms with Gasteiger partial charge in [0.2, 0.25) is 5.95 Å². The normalized spacial score (nSPS) is 10.6. The van der Waals surface area contributed by atoms with Gasteiger partial charge in [0, 0.05) is 4.88 Å². The van der Waals surface area contributed by atoms with E-state index in [1.54, 1.807) is 16.0 Å². The second-order valence-corrected chi connectivity index (χ2v) is 4.90. The summed E-state index contributed by atoms with van der Waals surface area (Å²) in [6.45, 7) is 2.66. The minimum atomic E-state index is 0.624. The first kappa shape index (κ1) is 11.8. The molecule has 19 heavy (non-hydrogen) atoms. The Balaban J connectivity index is 1.80. The molecule has 2 aromatic heterocycles. The number of anilines is 1. The number of para-hydroxylation sites is 1. The van der Waals surface area contributed by atoms with Crippen LogP contribution in [0.1, 0.15) is 10.6 Å². The first-order chi connectivity index (χ1) is 9.34. The Labute approximate surface area is 114 Å². The zero-order valence-corrected chi connectivity index (χ0v) is 11.1. The van der Waals surface area contributed by atoms with Gasteiger partial charge in [-0.05, 0) is 29.5 Å². The molecule has 0 fully saturated rings. The van der Waals surface area contributed by atoms with Crippen LogP contribution in [0.25, 0.3) is 5.69 Å². The summed E-state index contributed by atoms with van der Waals surface area (Å²) in [5, 5.41) is 14.9. The van der Waals surface area contributed by atoms with E-state index in [9.17, 15) is 0 Å². The average Bonchev–Trinajstić information content (AvgIpc) is 3.06. The molecule has 0 unspecified atom stereocenters. The predicted octanol–water partition coefficient (Wildman–Crippen LogP) is 2.04. The van der Waals surface area contributed by atoms with Crippen LogP contribution in [0.5, 0.6) is 0 Å². The van der Waals surface area contributed by atoms with E-state index >= 15 is 0 Å². The van der Waals surface area contributed by atoms with Gasteiger partial charge in [0.15, 0.2) is 0 Å². The number of rotatable bonds is 4. The minimum absolute atomic E-state index is 0.624. The Morgan fingerprint density at radius 3 is 2.84 bits per heavy atom. The standard InChI is InChI=1S/C12H12N6S/c1-9-11(19-8-14-9)7-13-12-15-16-17-18(12)10-5-3-2-4-6-10/h2-6,8H,7H2,1H3,(H,13,15,17). The Hall–Kier alpha value is -2.28. The maximum atomic E-state index is 4.22. The van der Waals surface area contributed by atoms with Crippen molar-refractivity contribution in [3.63, 3.8) is 0 Å². The molecule has 3 rings (SSSR count). The Morgan fingerprint density at radius 2 is 2.11 bits per heavy atom. The van der Waals surface area contributed by atoms with Crippen molar-refractivity contribution in [3.8, 4) is 5.69 Å². The third-order valence-electron chi connectivity index (χ3n) is 2.72. The van der Waals surface area contributed by atoms with E-state index in [1.165, 1.54) is 4.88 Å². The maximum absolute atomic E-state index is 4.22. The van der Waals surface area contributed by atoms with Crippen molar-refractivity contribution in [2.24, 2.45) is 0 Å². The lowest BCUT2D eigenvalue weighted by atomic mass is 10.3. The molecule has 0 amide bonds. The molecule has 0 aliphatic carbocycles. The van der Waals surface area contributed by atoms with Crippen molar-refractivity contribution >= 4 is 17.3 Å². The van der Waals surface area contributed by atoms with E-state index in [0.29, 0.717) is 12.5 Å². The molecule has 0 atom stereocenters. The SMILES string of the molecule is Cc1ncsc1CNc1nnnn1-c1ccccc1. The molecule has 96 valence electrons. The van der Waals surface area contributed by atoms with Crippen LogP contribution < -0.4 is 5.32 Å². The van der Waals surface area contributed by atoms with Gasteiger partial charge >= 0.3 is 0 Å². The second-order valence-electron chi connectivity index (χ2n) is 3.96. The van der Waals surface area contributed by atoms with E-state index in [-0.39, 0.29) is 0 Å². The zero-order chi connectivity index (χ0) is 13.1. The molecule has 0 aliphatic rings. The van der Waals surface area contributed by atoms with E-state index < -0.39 is 0 Å². The summed E-state index contributed by atoms with van der Waals surface area (Å²) in [6, 6.07) is 9.78. The smallest absolute Gasteiger partial charge is 0.248 e. The van der Waals surface area contributed by atoms with E-state index in [4.69, 9.17) is 0 Å². The fourth-order valence-electron chi connectivity index (χ4n) is 1.70. The fraction of sp³-hybridized carbons (Fsp3) is 0.167. The molecule has 0 radical (unpaired) electrons. The van der Waals surface area contributed by atoms with Gasteiger partial charge in [-0.2, -0.15) is 4.68 Å². The van der Waals surface area contributed by atoms with Crippen LogP contribution in [-0.2, 0) is 6.54 Å². The molecule has 7 heteroatoms. The first-order valence-corrected chi connectivity index (χ1v) is 6.69. The van der Waals surface area contributed by atoms with Crippen molar-refractivity contribution in [3.05, 3.63) is 46.4 Å². The molecular formula is C12H12N6S. The lowest BCUT2D eigenvalue weighted by Gasteiger charge is -2.06. The first-order valence-electron chi connectivity index (χ1n) is 5.81. The average molecular weight is 272 g/mol. The van der Waals surface area contributed by atoms with Gasteiger partial charge in [-0.25, -0.2) is 4.98 Å². The number of nitrogens with one attached hydrogen (secondary N) is 1. The van der Waals surface area contributed by atoms with E-state index in [0.717, 1.165) is 11.4 Å². The number of hydrogen-bond acceptors (Lipinski definition) is 6. The van der Waals surface area contributed by atoms with Gasteiger partial charge in [-0.1, -0.05) is 23.3 Å². The monoisotopic (exact) mass is 272 g/mol. The second kappa shape index (κ2) is 5.15. The van der Waals surface area contributed by atoms with Gasteiger partial charge in [-0.15, -0.1) is 11.3 Å². The van der Waals surface area contributed by atoms with Gasteiger partial charge in [0.1, 0.15) is 0 Å². The molecule has 3 aromatic rings. The lowest BCUT2D eigenvalue weighted by molar-refractivity contribution is 0.789. The summed E-state index contributed by atoms with van der Waals surface area (Å²) in [7, 11) is 0. The third-order valence-corrected chi connectivity index (χ3v) is 3.66. The highest BCUT2D eigenvalue weighted by atomic mass is 32.1. The summed E-state index contributed by atoms with van der Waals surface area (Å²) in [4.78, 5) is 5.40. The summed E-state index contributed by atoms with van der Waals surface area (Å²) in [5.74, 6) is 0.624. The van der Waals surface area contributed by atoms with Crippen molar-refractivity contribution in [2.45, 2.75) is 13.5 Å². The zero-order valence-electron chi connectivity index (χ0n) is 10.3. The molecule has 0 saturated heterocycles. The van der Waals surface area contributed by atoms with Gasteiger partial charge in [0.25, 0.3) is 0 Å². The minimum Gasteiger partial charge on any atom is -0.348 e. The molecule has 6 nitrogen and oxygen atoms in total. The molecule has 1 N–H and O–H groups in total. The highest BCUT2D eigenvalue weighted by Gasteiger charge is 2.08. The van der Waals surface area contributed by atoms with Crippen molar-refractivity contribution in [1.82, 2.24) is 25.2 Å². The van der Waals surface area contributed by atoms with E-state index in [2.05, 4.69) is 25.8 Å². The number of tetrazole rings is 1. The lowest BCUT2D eigenvalue weighted by Crippen LogP contribution is -2.07. The quantitative estimate of drug-likeness (QED) is 0.787. The highest BCUT2D eigenvalue weighted by molar-refractivity contribution is 7.09. The largest absolute Gasteiger partial charge is 0.348 e. The molecule has 0 aliphatic heterocycles. The van der Waals surface area contributed by atoms with Crippen LogP contribution in [-0.4, -0.2) is 25.2 Å². The highest BCUT2D eigenvalue weighted by Crippen LogP contribution is 2.15. The number of thiazole rings is 1. The Kier molecular flexibility index (Phi) is 3.20. The van der Waals surface area contributed by atoms with Crippen LogP contribution >= 0.6 is 11.3 Å². The molecule has 0 saturated carbocycles. The number of nitrogens with zero attached hydrogens (tertiary/aromatic N) is 5. The Bertz CT molecular complexity index is 660. The maximum Gasteiger partial charge on any atom is 0.248 e. The topological polar surface area (TPSA) is 68.5 Å². The van der Waals surface area contributed by atoms with Gasteiger partial charge in [-0.3, -0.25) is 0 Å². The van der Waals surface area contributed by atoms with Crippen LogP contribution in [0, 0.1) is 6.92 Å². The molecular weight excluding hydrogens is 260 g/mol. The van der Waals surface area contributed by atoms with Gasteiger partial charge < -0.3 is 5.32 Å². The van der Waals surface area contributed by atoms with Crippen molar-refractivity contribution in [2.75, 3.05) is 5.32 Å². The number of aromatic nitrogens is 5. The predicted molar refractivity (Wildman–Crippen MR) is 73.3 cm³/mol. The van der Waals surface area contributed by atoms with E-state index in [1.807, 2.05) is 42.8 Å². The number of benzene rings is 1. The van der Waals surface area contributed by atoms with Crippen molar-refractivity contribution in [1.29, 1.82) is 0 Å². The summed E-state index contributed by atoms with van der Waals surface area (Å²) in [5.41, 5.74) is 3.80. The summed E-state index contributed by atoms with van der Waals surface area (Å²) >= 11 is 1.62. The molecule has 2 heterocycles. The number of aryl methyl sites for hydroxylation is 1.